The second-order valence-corrected chi connectivity index (χ2v) is 5.46. The average molecular weight is 239 g/mol. The molecule has 1 saturated carbocycles. The molecule has 2 atom stereocenters. The normalized spacial score (nSPS) is 33.0. The van der Waals surface area contributed by atoms with Gasteiger partial charge in [-0.15, -0.1) is 0 Å². The fourth-order valence-corrected chi connectivity index (χ4v) is 4.02. The van der Waals surface area contributed by atoms with Crippen LogP contribution in [0.4, 0.5) is 0 Å². The van der Waals surface area contributed by atoms with Crippen molar-refractivity contribution < 1.29 is 9.59 Å². The molecule has 1 aromatic rings. The minimum Gasteiger partial charge on any atom is -0.289 e. The smallest absolute Gasteiger partial charge is 0.255 e. The topological polar surface area (TPSA) is 46.2 Å². The van der Waals surface area contributed by atoms with Crippen molar-refractivity contribution in [3.05, 3.63) is 47.0 Å². The van der Waals surface area contributed by atoms with Gasteiger partial charge in [-0.2, -0.15) is 0 Å². The van der Waals surface area contributed by atoms with Crippen LogP contribution in [0.25, 0.3) is 0 Å². The van der Waals surface area contributed by atoms with Gasteiger partial charge >= 0.3 is 0 Å². The summed E-state index contributed by atoms with van der Waals surface area (Å²) in [6.45, 7) is 0. The van der Waals surface area contributed by atoms with E-state index in [9.17, 15) is 9.59 Å². The molecule has 0 aromatic heterocycles. The molecule has 2 aliphatic carbocycles. The van der Waals surface area contributed by atoms with E-state index in [2.05, 4.69) is 17.4 Å². The van der Waals surface area contributed by atoms with E-state index in [4.69, 9.17) is 0 Å². The number of amides is 2. The predicted octanol–water partition coefficient (Wildman–Crippen LogP) is 1.69. The molecule has 3 heteroatoms. The average Bonchev–Trinajstić information content (AvgIpc) is 3.03. The Morgan fingerprint density at radius 1 is 1.11 bits per heavy atom. The molecular formula is C15H13NO2. The number of rotatable bonds is 1. The maximum absolute atomic E-state index is 12.0. The van der Waals surface area contributed by atoms with E-state index in [1.54, 1.807) is 0 Å². The van der Waals surface area contributed by atoms with E-state index < -0.39 is 0 Å². The highest BCUT2D eigenvalue weighted by Gasteiger charge is 2.58. The van der Waals surface area contributed by atoms with Crippen LogP contribution in [0, 0.1) is 5.92 Å². The van der Waals surface area contributed by atoms with Crippen molar-refractivity contribution in [2.45, 2.75) is 24.7 Å². The van der Waals surface area contributed by atoms with Crippen molar-refractivity contribution in [1.29, 1.82) is 0 Å². The molecule has 2 amide bonds. The van der Waals surface area contributed by atoms with E-state index in [1.807, 2.05) is 18.2 Å². The van der Waals surface area contributed by atoms with Gasteiger partial charge in [-0.3, -0.25) is 14.9 Å². The first-order valence-corrected chi connectivity index (χ1v) is 6.38. The Morgan fingerprint density at radius 2 is 1.89 bits per heavy atom. The van der Waals surface area contributed by atoms with Gasteiger partial charge in [0.15, 0.2) is 0 Å². The van der Waals surface area contributed by atoms with Crippen LogP contribution >= 0.6 is 0 Å². The fourth-order valence-electron chi connectivity index (χ4n) is 4.02. The van der Waals surface area contributed by atoms with Crippen molar-refractivity contribution >= 4 is 11.8 Å². The van der Waals surface area contributed by atoms with Crippen molar-refractivity contribution in [2.75, 3.05) is 0 Å². The Morgan fingerprint density at radius 3 is 2.67 bits per heavy atom. The zero-order valence-corrected chi connectivity index (χ0v) is 9.90. The zero-order chi connectivity index (χ0) is 12.3. The molecule has 1 aliphatic heterocycles. The molecular weight excluding hydrogens is 226 g/mol. The molecule has 90 valence electrons. The van der Waals surface area contributed by atoms with E-state index in [1.165, 1.54) is 5.56 Å². The Bertz CT molecular complexity index is 602. The lowest BCUT2D eigenvalue weighted by atomic mass is 9.73. The SMILES string of the molecule is O=C1NC(=O)C2=C1C1CCC2(c2ccccc2)C1. The summed E-state index contributed by atoms with van der Waals surface area (Å²) in [6, 6.07) is 10.1. The molecule has 2 bridgehead atoms. The van der Waals surface area contributed by atoms with Crippen LogP contribution in [-0.2, 0) is 15.0 Å². The van der Waals surface area contributed by atoms with Crippen molar-refractivity contribution in [1.82, 2.24) is 5.32 Å². The Balaban J connectivity index is 1.95. The molecule has 18 heavy (non-hydrogen) atoms. The van der Waals surface area contributed by atoms with Crippen molar-refractivity contribution in [2.24, 2.45) is 5.92 Å². The third kappa shape index (κ3) is 1.00. The third-order valence-corrected chi connectivity index (χ3v) is 4.70. The molecule has 0 saturated heterocycles. The molecule has 1 N–H and O–H groups in total. The summed E-state index contributed by atoms with van der Waals surface area (Å²) in [5, 5.41) is 2.46. The van der Waals surface area contributed by atoms with Crippen LogP contribution in [0.1, 0.15) is 24.8 Å². The summed E-state index contributed by atoms with van der Waals surface area (Å²) in [4.78, 5) is 23.9. The molecule has 1 fully saturated rings. The van der Waals surface area contributed by atoms with Crippen LogP contribution in [0.3, 0.4) is 0 Å². The first-order valence-electron chi connectivity index (χ1n) is 6.38. The molecule has 4 rings (SSSR count). The largest absolute Gasteiger partial charge is 0.289 e. The molecule has 3 nitrogen and oxygen atoms in total. The van der Waals surface area contributed by atoms with Gasteiger partial charge in [0, 0.05) is 16.6 Å². The Kier molecular flexibility index (Phi) is 1.74. The number of benzene rings is 1. The maximum Gasteiger partial charge on any atom is 0.255 e. The number of hydrogen-bond donors (Lipinski definition) is 1. The number of carbonyl (C=O) groups excluding carboxylic acids is 2. The van der Waals surface area contributed by atoms with Crippen LogP contribution in [0.15, 0.2) is 41.5 Å². The van der Waals surface area contributed by atoms with Gasteiger partial charge in [-0.1, -0.05) is 30.3 Å². The van der Waals surface area contributed by atoms with Gasteiger partial charge in [0.1, 0.15) is 0 Å². The fraction of sp³-hybridized carbons (Fsp3) is 0.333. The summed E-state index contributed by atoms with van der Waals surface area (Å²) < 4.78 is 0. The second kappa shape index (κ2) is 3.10. The van der Waals surface area contributed by atoms with Gasteiger partial charge in [0.05, 0.1) is 0 Å². The lowest BCUT2D eigenvalue weighted by Gasteiger charge is -2.28. The van der Waals surface area contributed by atoms with Crippen LogP contribution < -0.4 is 5.32 Å². The van der Waals surface area contributed by atoms with Gasteiger partial charge < -0.3 is 0 Å². The highest BCUT2D eigenvalue weighted by atomic mass is 16.2. The molecule has 1 aromatic carbocycles. The lowest BCUT2D eigenvalue weighted by Crippen LogP contribution is -2.32. The quantitative estimate of drug-likeness (QED) is 0.758. The monoisotopic (exact) mass is 239 g/mol. The summed E-state index contributed by atoms with van der Waals surface area (Å²) in [6.07, 6.45) is 2.94. The van der Waals surface area contributed by atoms with E-state index in [0.29, 0.717) is 0 Å². The van der Waals surface area contributed by atoms with Gasteiger partial charge in [-0.05, 0) is 30.7 Å². The number of hydrogen-bond acceptors (Lipinski definition) is 2. The van der Waals surface area contributed by atoms with Crippen molar-refractivity contribution in [3.63, 3.8) is 0 Å². The minimum atomic E-state index is -0.197. The highest BCUT2D eigenvalue weighted by Crippen LogP contribution is 2.59. The highest BCUT2D eigenvalue weighted by molar-refractivity contribution is 6.21. The molecule has 0 radical (unpaired) electrons. The van der Waals surface area contributed by atoms with Crippen LogP contribution in [0.2, 0.25) is 0 Å². The molecule has 2 unspecified atom stereocenters. The first-order chi connectivity index (χ1) is 8.72. The van der Waals surface area contributed by atoms with E-state index >= 15 is 0 Å². The molecule has 3 aliphatic rings. The summed E-state index contributed by atoms with van der Waals surface area (Å²) in [5.74, 6) is -0.0368. The summed E-state index contributed by atoms with van der Waals surface area (Å²) >= 11 is 0. The standard InChI is InChI=1S/C15H13NO2/c17-13-11-9-6-7-15(8-9,12(11)14(18)16-13)10-4-2-1-3-5-10/h1-5,9H,6-8H2,(H,16,17,18). The predicted molar refractivity (Wildman–Crippen MR) is 65.6 cm³/mol. The maximum atomic E-state index is 12.0. The number of imide groups is 1. The Hall–Kier alpha value is -1.90. The lowest BCUT2D eigenvalue weighted by molar-refractivity contribution is -0.124. The number of fused-ring (bicyclic) bond motifs is 4. The second-order valence-electron chi connectivity index (χ2n) is 5.46. The van der Waals surface area contributed by atoms with Crippen LogP contribution in [-0.4, -0.2) is 11.8 Å². The minimum absolute atomic E-state index is 0.155. The number of nitrogens with one attached hydrogen (secondary N) is 1. The van der Waals surface area contributed by atoms with E-state index in [0.717, 1.165) is 30.4 Å². The van der Waals surface area contributed by atoms with Gasteiger partial charge in [0.2, 0.25) is 0 Å². The van der Waals surface area contributed by atoms with Gasteiger partial charge in [-0.25, -0.2) is 0 Å². The summed E-state index contributed by atoms with van der Waals surface area (Å²) in [7, 11) is 0. The first kappa shape index (κ1) is 10.1. The van der Waals surface area contributed by atoms with E-state index in [-0.39, 0.29) is 23.1 Å². The van der Waals surface area contributed by atoms with Gasteiger partial charge in [0.25, 0.3) is 11.8 Å². The van der Waals surface area contributed by atoms with Crippen molar-refractivity contribution in [3.8, 4) is 0 Å². The zero-order valence-electron chi connectivity index (χ0n) is 9.90. The Labute approximate surface area is 105 Å². The third-order valence-electron chi connectivity index (χ3n) is 4.70. The molecule has 1 heterocycles. The number of carbonyl (C=O) groups is 2. The van der Waals surface area contributed by atoms with Crippen LogP contribution in [0.5, 0.6) is 0 Å². The molecule has 0 spiro atoms. The summed E-state index contributed by atoms with van der Waals surface area (Å²) in [5.41, 5.74) is 2.52.